The first kappa shape index (κ1) is 11.0. The number of nitrogens with one attached hydrogen (secondary N) is 1. The predicted molar refractivity (Wildman–Crippen MR) is 52.9 cm³/mol. The molecule has 0 aromatic heterocycles. The molecule has 1 aromatic carbocycles. The molecule has 4 N–H and O–H groups in total. The van der Waals surface area contributed by atoms with Crippen LogP contribution in [-0.4, -0.2) is 28.9 Å². The Morgan fingerprint density at radius 2 is 2.14 bits per heavy atom. The van der Waals surface area contributed by atoms with Crippen molar-refractivity contribution in [3.8, 4) is 5.75 Å². The molecule has 1 atom stereocenters. The van der Waals surface area contributed by atoms with Crippen molar-refractivity contribution >= 4 is 0 Å². The molecule has 0 saturated carbocycles. The first-order chi connectivity index (χ1) is 6.69. The number of hydrogen-bond donors (Lipinski definition) is 4. The third-order valence-electron chi connectivity index (χ3n) is 2.06. The number of aliphatic hydroxyl groups excluding tert-OH is 2. The molecule has 0 aliphatic heterocycles. The average molecular weight is 197 g/mol. The highest BCUT2D eigenvalue weighted by Gasteiger charge is 2.08. The molecule has 0 saturated heterocycles. The molecule has 1 unspecified atom stereocenters. The first-order valence-corrected chi connectivity index (χ1v) is 4.44. The first-order valence-electron chi connectivity index (χ1n) is 4.44. The van der Waals surface area contributed by atoms with Gasteiger partial charge >= 0.3 is 0 Å². The number of likely N-dealkylation sites (N-methyl/N-ethyl adjacent to an activating group) is 1. The summed E-state index contributed by atoms with van der Waals surface area (Å²) in [5.41, 5.74) is 1.10. The van der Waals surface area contributed by atoms with E-state index < -0.39 is 6.10 Å². The van der Waals surface area contributed by atoms with Crippen molar-refractivity contribution in [2.75, 3.05) is 13.6 Å². The second-order valence-corrected chi connectivity index (χ2v) is 3.12. The van der Waals surface area contributed by atoms with Crippen molar-refractivity contribution in [3.63, 3.8) is 0 Å². The average Bonchev–Trinajstić information content (AvgIpc) is 2.18. The number of rotatable bonds is 4. The predicted octanol–water partition coefficient (Wildman–Crippen LogP) is 0.137. The molecule has 1 rings (SSSR count). The lowest BCUT2D eigenvalue weighted by Crippen LogP contribution is -2.16. The number of aliphatic hydroxyl groups is 2. The summed E-state index contributed by atoms with van der Waals surface area (Å²) < 4.78 is 0. The molecule has 14 heavy (non-hydrogen) atoms. The third-order valence-corrected chi connectivity index (χ3v) is 2.06. The Bertz CT molecular complexity index is 301. The van der Waals surface area contributed by atoms with E-state index in [1.54, 1.807) is 19.2 Å². The summed E-state index contributed by atoms with van der Waals surface area (Å²) in [4.78, 5) is 0. The lowest BCUT2D eigenvalue weighted by molar-refractivity contribution is 0.177. The molecule has 0 radical (unpaired) electrons. The monoisotopic (exact) mass is 197 g/mol. The minimum Gasteiger partial charge on any atom is -0.508 e. The molecule has 0 aliphatic carbocycles. The SMILES string of the molecule is CNCC(O)c1ccc(CO)c(O)c1. The van der Waals surface area contributed by atoms with Crippen LogP contribution in [0.15, 0.2) is 18.2 Å². The standard InChI is InChI=1S/C10H15NO3/c1-11-5-10(14)7-2-3-8(6-12)9(13)4-7/h2-4,10-14H,5-6H2,1H3. The van der Waals surface area contributed by atoms with Crippen LogP contribution in [0.3, 0.4) is 0 Å². The zero-order valence-electron chi connectivity index (χ0n) is 8.07. The summed E-state index contributed by atoms with van der Waals surface area (Å²) in [6, 6.07) is 4.75. The van der Waals surface area contributed by atoms with Gasteiger partial charge in [0.05, 0.1) is 12.7 Å². The van der Waals surface area contributed by atoms with Crippen LogP contribution in [0.5, 0.6) is 5.75 Å². The zero-order chi connectivity index (χ0) is 10.6. The molecule has 1 aromatic rings. The highest BCUT2D eigenvalue weighted by molar-refractivity contribution is 5.36. The lowest BCUT2D eigenvalue weighted by atomic mass is 10.1. The topological polar surface area (TPSA) is 72.7 Å². The fourth-order valence-corrected chi connectivity index (χ4v) is 1.23. The van der Waals surface area contributed by atoms with E-state index in [0.717, 1.165) is 0 Å². The molecule has 0 bridgehead atoms. The molecule has 0 heterocycles. The van der Waals surface area contributed by atoms with E-state index in [1.165, 1.54) is 6.07 Å². The maximum atomic E-state index is 9.57. The Balaban J connectivity index is 2.85. The smallest absolute Gasteiger partial charge is 0.121 e. The van der Waals surface area contributed by atoms with E-state index >= 15 is 0 Å². The third kappa shape index (κ3) is 2.45. The fraction of sp³-hybridized carbons (Fsp3) is 0.400. The van der Waals surface area contributed by atoms with Gasteiger partial charge in [0, 0.05) is 12.1 Å². The van der Waals surface area contributed by atoms with Crippen molar-refractivity contribution in [2.24, 2.45) is 0 Å². The molecular weight excluding hydrogens is 182 g/mol. The summed E-state index contributed by atoms with van der Waals surface area (Å²) in [6.45, 7) is 0.228. The van der Waals surface area contributed by atoms with E-state index in [0.29, 0.717) is 17.7 Å². The molecule has 4 heteroatoms. The molecule has 0 amide bonds. The van der Waals surface area contributed by atoms with Gasteiger partial charge < -0.3 is 20.6 Å². The molecule has 78 valence electrons. The van der Waals surface area contributed by atoms with E-state index in [9.17, 15) is 10.2 Å². The maximum absolute atomic E-state index is 9.57. The Labute approximate surface area is 82.8 Å². The largest absolute Gasteiger partial charge is 0.508 e. The number of phenols is 1. The Morgan fingerprint density at radius 1 is 1.43 bits per heavy atom. The highest BCUT2D eigenvalue weighted by Crippen LogP contribution is 2.22. The van der Waals surface area contributed by atoms with Gasteiger partial charge in [-0.2, -0.15) is 0 Å². The maximum Gasteiger partial charge on any atom is 0.121 e. The van der Waals surface area contributed by atoms with Gasteiger partial charge in [-0.15, -0.1) is 0 Å². The minimum absolute atomic E-state index is 0.0140. The van der Waals surface area contributed by atoms with Crippen LogP contribution in [0, 0.1) is 0 Å². The Morgan fingerprint density at radius 3 is 2.64 bits per heavy atom. The van der Waals surface area contributed by atoms with Gasteiger partial charge in [-0.1, -0.05) is 12.1 Å². The van der Waals surface area contributed by atoms with E-state index in [2.05, 4.69) is 5.32 Å². The molecule has 0 aliphatic rings. The zero-order valence-corrected chi connectivity index (χ0v) is 8.07. The van der Waals surface area contributed by atoms with Gasteiger partial charge in [0.2, 0.25) is 0 Å². The number of hydrogen-bond acceptors (Lipinski definition) is 4. The van der Waals surface area contributed by atoms with Crippen molar-refractivity contribution < 1.29 is 15.3 Å². The van der Waals surface area contributed by atoms with Gasteiger partial charge in [-0.3, -0.25) is 0 Å². The van der Waals surface area contributed by atoms with E-state index in [1.807, 2.05) is 0 Å². The van der Waals surface area contributed by atoms with Gasteiger partial charge in [0.25, 0.3) is 0 Å². The molecular formula is C10H15NO3. The van der Waals surface area contributed by atoms with Crippen LogP contribution in [0.25, 0.3) is 0 Å². The Kier molecular flexibility index (Phi) is 3.88. The Hall–Kier alpha value is -1.10. The van der Waals surface area contributed by atoms with Crippen LogP contribution in [0.1, 0.15) is 17.2 Å². The summed E-state index contributed by atoms with van der Waals surface area (Å²) in [6.07, 6.45) is -0.640. The van der Waals surface area contributed by atoms with Gasteiger partial charge in [-0.25, -0.2) is 0 Å². The van der Waals surface area contributed by atoms with Crippen molar-refractivity contribution in [2.45, 2.75) is 12.7 Å². The van der Waals surface area contributed by atoms with Crippen LogP contribution in [-0.2, 0) is 6.61 Å². The highest BCUT2D eigenvalue weighted by atomic mass is 16.3. The summed E-state index contributed by atoms with van der Waals surface area (Å²) in [5, 5.41) is 30.6. The van der Waals surface area contributed by atoms with E-state index in [4.69, 9.17) is 5.11 Å². The summed E-state index contributed by atoms with van der Waals surface area (Å²) in [5.74, 6) is 0.0140. The summed E-state index contributed by atoms with van der Waals surface area (Å²) in [7, 11) is 1.74. The fourth-order valence-electron chi connectivity index (χ4n) is 1.23. The lowest BCUT2D eigenvalue weighted by Gasteiger charge is -2.11. The van der Waals surface area contributed by atoms with E-state index in [-0.39, 0.29) is 12.4 Å². The van der Waals surface area contributed by atoms with Crippen LogP contribution >= 0.6 is 0 Å². The molecule has 0 fully saturated rings. The number of benzene rings is 1. The van der Waals surface area contributed by atoms with Crippen molar-refractivity contribution in [1.29, 1.82) is 0 Å². The van der Waals surface area contributed by atoms with Crippen molar-refractivity contribution in [3.05, 3.63) is 29.3 Å². The number of aromatic hydroxyl groups is 1. The van der Waals surface area contributed by atoms with Gasteiger partial charge in [-0.05, 0) is 18.7 Å². The van der Waals surface area contributed by atoms with Gasteiger partial charge in [0.1, 0.15) is 5.75 Å². The second-order valence-electron chi connectivity index (χ2n) is 3.12. The second kappa shape index (κ2) is 4.95. The van der Waals surface area contributed by atoms with Crippen LogP contribution in [0.2, 0.25) is 0 Å². The summed E-state index contributed by atoms with van der Waals surface area (Å²) >= 11 is 0. The van der Waals surface area contributed by atoms with Crippen LogP contribution < -0.4 is 5.32 Å². The quantitative estimate of drug-likeness (QED) is 0.554. The van der Waals surface area contributed by atoms with Crippen molar-refractivity contribution in [1.82, 2.24) is 5.32 Å². The normalized spacial score (nSPS) is 12.8. The van der Waals surface area contributed by atoms with Gasteiger partial charge in [0.15, 0.2) is 0 Å². The molecule has 0 spiro atoms. The van der Waals surface area contributed by atoms with Crippen LogP contribution in [0.4, 0.5) is 0 Å². The minimum atomic E-state index is -0.640. The molecule has 4 nitrogen and oxygen atoms in total.